The van der Waals surface area contributed by atoms with E-state index in [0.717, 1.165) is 45.3 Å². The largest absolute Gasteiger partial charge is 0.351 e. The highest BCUT2D eigenvalue weighted by molar-refractivity contribution is 5.96. The summed E-state index contributed by atoms with van der Waals surface area (Å²) in [7, 11) is 0. The van der Waals surface area contributed by atoms with Gasteiger partial charge in [-0.2, -0.15) is 0 Å². The molecule has 0 radical (unpaired) electrons. The lowest BCUT2D eigenvalue weighted by Crippen LogP contribution is -2.35. The number of amides is 2. The molecule has 4 N–H and O–H groups in total. The molecule has 1 saturated carbocycles. The summed E-state index contributed by atoms with van der Waals surface area (Å²) in [5.74, 6) is -0.0772. The van der Waals surface area contributed by atoms with Crippen molar-refractivity contribution >= 4 is 42.3 Å². The fourth-order valence-electron chi connectivity index (χ4n) is 3.38. The predicted molar refractivity (Wildman–Crippen MR) is 120 cm³/mol. The zero-order valence-corrected chi connectivity index (χ0v) is 18.4. The van der Waals surface area contributed by atoms with Crippen molar-refractivity contribution in [1.29, 1.82) is 0 Å². The number of carbonyl (C=O) groups is 2. The molecule has 1 aliphatic carbocycles. The summed E-state index contributed by atoms with van der Waals surface area (Å²) < 4.78 is 0. The first-order valence-electron chi connectivity index (χ1n) is 9.70. The zero-order chi connectivity index (χ0) is 18.9. The normalized spacial score (nSPS) is 18.6. The Morgan fingerprint density at radius 3 is 2.32 bits per heavy atom. The van der Waals surface area contributed by atoms with Crippen molar-refractivity contribution < 1.29 is 9.59 Å². The van der Waals surface area contributed by atoms with E-state index >= 15 is 0 Å². The van der Waals surface area contributed by atoms with E-state index in [1.807, 2.05) is 0 Å². The Bertz CT molecular complexity index is 594. The summed E-state index contributed by atoms with van der Waals surface area (Å²) in [6, 6.07) is 7.17. The molecular weight excluding hydrogens is 399 g/mol. The molecule has 2 rings (SSSR count). The maximum absolute atomic E-state index is 12.3. The van der Waals surface area contributed by atoms with E-state index in [-0.39, 0.29) is 48.6 Å². The van der Waals surface area contributed by atoms with Crippen LogP contribution in [0.5, 0.6) is 0 Å². The van der Waals surface area contributed by atoms with Crippen LogP contribution < -0.4 is 16.4 Å². The van der Waals surface area contributed by atoms with Crippen LogP contribution in [-0.4, -0.2) is 48.9 Å². The molecule has 8 heteroatoms. The molecule has 2 atom stereocenters. The number of likely N-dealkylation sites (N-methyl/N-ethyl adjacent to an activating group) is 1. The molecule has 0 spiro atoms. The van der Waals surface area contributed by atoms with Gasteiger partial charge in [-0.1, -0.05) is 20.3 Å². The number of anilines is 1. The van der Waals surface area contributed by atoms with Gasteiger partial charge in [0.05, 0.1) is 0 Å². The maximum Gasteiger partial charge on any atom is 0.251 e. The number of benzene rings is 1. The van der Waals surface area contributed by atoms with Crippen molar-refractivity contribution in [3.8, 4) is 0 Å². The Kier molecular flexibility index (Phi) is 13.1. The van der Waals surface area contributed by atoms with Crippen molar-refractivity contribution in [2.75, 3.05) is 31.5 Å². The Morgan fingerprint density at radius 2 is 1.75 bits per heavy atom. The molecule has 1 aliphatic rings. The molecule has 28 heavy (non-hydrogen) atoms. The highest BCUT2D eigenvalue weighted by Crippen LogP contribution is 2.24. The minimum atomic E-state index is -0.0895. The van der Waals surface area contributed by atoms with Crippen LogP contribution in [0.2, 0.25) is 0 Å². The number of hydrogen-bond acceptors (Lipinski definition) is 4. The molecule has 2 unspecified atom stereocenters. The minimum absolute atomic E-state index is 0. The van der Waals surface area contributed by atoms with Gasteiger partial charge in [0.1, 0.15) is 0 Å². The number of nitrogens with two attached hydrogens (primary N) is 1. The fourth-order valence-corrected chi connectivity index (χ4v) is 3.38. The molecule has 2 amide bonds. The first-order chi connectivity index (χ1) is 12.5. The third kappa shape index (κ3) is 8.35. The summed E-state index contributed by atoms with van der Waals surface area (Å²) in [5.41, 5.74) is 7.27. The second kappa shape index (κ2) is 13.8. The van der Waals surface area contributed by atoms with Crippen molar-refractivity contribution in [2.24, 2.45) is 11.7 Å². The number of nitrogens with one attached hydrogen (secondary N) is 2. The van der Waals surface area contributed by atoms with Gasteiger partial charge in [-0.15, -0.1) is 24.8 Å². The first-order valence-corrected chi connectivity index (χ1v) is 9.70. The van der Waals surface area contributed by atoms with E-state index in [1.54, 1.807) is 24.3 Å². The molecule has 1 aromatic carbocycles. The molecule has 160 valence electrons. The van der Waals surface area contributed by atoms with Crippen molar-refractivity contribution in [2.45, 2.75) is 45.6 Å². The lowest BCUT2D eigenvalue weighted by atomic mass is 9.85. The quantitative estimate of drug-likeness (QED) is 0.588. The van der Waals surface area contributed by atoms with E-state index < -0.39 is 0 Å². The molecule has 1 fully saturated rings. The third-order valence-electron chi connectivity index (χ3n) is 5.11. The van der Waals surface area contributed by atoms with Gasteiger partial charge in [-0.3, -0.25) is 9.59 Å². The van der Waals surface area contributed by atoms with Gasteiger partial charge in [0, 0.05) is 36.3 Å². The van der Waals surface area contributed by atoms with E-state index in [0.29, 0.717) is 17.8 Å². The number of halogens is 2. The molecular formula is C20H34Cl2N4O2. The van der Waals surface area contributed by atoms with E-state index in [4.69, 9.17) is 5.73 Å². The molecule has 0 aliphatic heterocycles. The number of carbonyl (C=O) groups excluding carboxylic acids is 2. The predicted octanol–water partition coefficient (Wildman–Crippen LogP) is 3.06. The lowest BCUT2D eigenvalue weighted by molar-refractivity contribution is -0.120. The van der Waals surface area contributed by atoms with Crippen LogP contribution in [-0.2, 0) is 4.79 Å². The Labute approximate surface area is 180 Å². The Morgan fingerprint density at radius 1 is 1.11 bits per heavy atom. The van der Waals surface area contributed by atoms with Gasteiger partial charge in [-0.05, 0) is 56.6 Å². The highest BCUT2D eigenvalue weighted by Gasteiger charge is 2.25. The number of nitrogens with zero attached hydrogens (tertiary/aromatic N) is 1. The average molecular weight is 433 g/mol. The smallest absolute Gasteiger partial charge is 0.251 e. The van der Waals surface area contributed by atoms with E-state index in [1.165, 1.54) is 0 Å². The Hall–Kier alpha value is -1.34. The lowest BCUT2D eigenvalue weighted by Gasteiger charge is -2.25. The minimum Gasteiger partial charge on any atom is -0.351 e. The van der Waals surface area contributed by atoms with E-state index in [9.17, 15) is 9.59 Å². The van der Waals surface area contributed by atoms with Crippen molar-refractivity contribution in [3.63, 3.8) is 0 Å². The summed E-state index contributed by atoms with van der Waals surface area (Å²) in [4.78, 5) is 26.8. The van der Waals surface area contributed by atoms with Gasteiger partial charge in [-0.25, -0.2) is 0 Å². The second-order valence-corrected chi connectivity index (χ2v) is 6.97. The summed E-state index contributed by atoms with van der Waals surface area (Å²) >= 11 is 0. The van der Waals surface area contributed by atoms with E-state index in [2.05, 4.69) is 29.4 Å². The van der Waals surface area contributed by atoms with Crippen LogP contribution in [0, 0.1) is 5.92 Å². The van der Waals surface area contributed by atoms with Gasteiger partial charge in [0.2, 0.25) is 5.91 Å². The van der Waals surface area contributed by atoms with Gasteiger partial charge < -0.3 is 21.3 Å². The van der Waals surface area contributed by atoms with Crippen molar-refractivity contribution in [1.82, 2.24) is 10.2 Å². The molecule has 1 aromatic rings. The first kappa shape index (κ1) is 26.7. The fraction of sp³-hybridized carbons (Fsp3) is 0.600. The summed E-state index contributed by atoms with van der Waals surface area (Å²) in [6.45, 7) is 7.65. The highest BCUT2D eigenvalue weighted by atomic mass is 35.5. The molecule has 0 aromatic heterocycles. The second-order valence-electron chi connectivity index (χ2n) is 6.97. The maximum atomic E-state index is 12.3. The van der Waals surface area contributed by atoms with Crippen LogP contribution >= 0.6 is 24.8 Å². The molecule has 0 bridgehead atoms. The molecule has 0 heterocycles. The van der Waals surface area contributed by atoms with Crippen LogP contribution in [0.4, 0.5) is 5.69 Å². The third-order valence-corrected chi connectivity index (χ3v) is 5.11. The number of hydrogen-bond donors (Lipinski definition) is 3. The molecule has 6 nitrogen and oxygen atoms in total. The van der Waals surface area contributed by atoms with Gasteiger partial charge in [0.15, 0.2) is 0 Å². The topological polar surface area (TPSA) is 87.5 Å². The zero-order valence-electron chi connectivity index (χ0n) is 16.8. The Balaban J connectivity index is 0.00000364. The van der Waals surface area contributed by atoms with Gasteiger partial charge >= 0.3 is 0 Å². The SMILES string of the molecule is CCN(CC)CCNC(=O)c1ccc(NC(=O)C2CCCC(N)C2)cc1.Cl.Cl. The standard InChI is InChI=1S/C20H32N4O2.2ClH/c1-3-24(4-2)13-12-22-19(25)15-8-10-18(11-9-15)23-20(26)16-6-5-7-17(21)14-16;;/h8-11,16-17H,3-7,12-14,21H2,1-2H3,(H,22,25)(H,23,26);2*1H. The van der Waals surface area contributed by atoms with Gasteiger partial charge in [0.25, 0.3) is 5.91 Å². The summed E-state index contributed by atoms with van der Waals surface area (Å²) in [5, 5.41) is 5.87. The van der Waals surface area contributed by atoms with Crippen LogP contribution in [0.3, 0.4) is 0 Å². The summed E-state index contributed by atoms with van der Waals surface area (Å²) in [6.07, 6.45) is 3.65. The van der Waals surface area contributed by atoms with Crippen LogP contribution in [0.25, 0.3) is 0 Å². The number of rotatable bonds is 8. The average Bonchev–Trinajstić information content (AvgIpc) is 2.65. The van der Waals surface area contributed by atoms with Crippen LogP contribution in [0.1, 0.15) is 49.9 Å². The van der Waals surface area contributed by atoms with Crippen molar-refractivity contribution in [3.05, 3.63) is 29.8 Å². The monoisotopic (exact) mass is 432 g/mol. The molecule has 0 saturated heterocycles. The van der Waals surface area contributed by atoms with Crippen LogP contribution in [0.15, 0.2) is 24.3 Å².